The number of carbonyl (C=O) groups is 2. The summed E-state index contributed by atoms with van der Waals surface area (Å²) in [7, 11) is 0. The van der Waals surface area contributed by atoms with Crippen LogP contribution in [0.3, 0.4) is 0 Å². The SMILES string of the molecule is CC(=O)N[C@@H]1[C@@H](O[C@H]2O[C@H](CO)[C@H](O)[C@H](O[C@@H]3O[C@H](CO)[C@H](O)[C@H](O)[C@H]3O[C@@H]3O[C@@H](C)[C@@H](O)[C@@H](O)[C@@H]3O)[C@H]2NC(C)=O)[C@@H](O)[C@@H](CO)O[C@H]1O. The summed E-state index contributed by atoms with van der Waals surface area (Å²) in [6.45, 7) is 0.959. The van der Waals surface area contributed by atoms with E-state index in [0.717, 1.165) is 13.8 Å². The topological polar surface area (TPSA) is 345 Å². The van der Waals surface area contributed by atoms with Crippen LogP contribution in [0.15, 0.2) is 0 Å². The van der Waals surface area contributed by atoms with Gasteiger partial charge in [0.1, 0.15) is 91.4 Å². The van der Waals surface area contributed by atoms with Crippen molar-refractivity contribution in [3.05, 3.63) is 0 Å². The van der Waals surface area contributed by atoms with Crippen molar-refractivity contribution < 1.29 is 98.9 Å². The summed E-state index contributed by atoms with van der Waals surface area (Å²) in [5.74, 6) is -1.44. The molecule has 0 unspecified atom stereocenters. The zero-order valence-electron chi connectivity index (χ0n) is 27.3. The normalized spacial score (nSPS) is 48.5. The third-order valence-electron chi connectivity index (χ3n) is 8.97. The van der Waals surface area contributed by atoms with Crippen LogP contribution in [0.25, 0.3) is 0 Å². The number of aliphatic hydroxyl groups is 11. The van der Waals surface area contributed by atoms with Gasteiger partial charge < -0.3 is 100.0 Å². The molecule has 22 nitrogen and oxygen atoms in total. The van der Waals surface area contributed by atoms with E-state index in [0.29, 0.717) is 0 Å². The first-order valence-corrected chi connectivity index (χ1v) is 15.9. The zero-order chi connectivity index (χ0) is 37.2. The van der Waals surface area contributed by atoms with Crippen LogP contribution in [-0.4, -0.2) is 211 Å². The minimum Gasteiger partial charge on any atom is -0.394 e. The molecular formula is C28H48N2O20. The van der Waals surface area contributed by atoms with Gasteiger partial charge in [-0.1, -0.05) is 0 Å². The van der Waals surface area contributed by atoms with Crippen molar-refractivity contribution in [2.75, 3.05) is 19.8 Å². The maximum atomic E-state index is 12.5. The highest BCUT2D eigenvalue weighted by Gasteiger charge is 2.56. The van der Waals surface area contributed by atoms with Crippen molar-refractivity contribution in [1.29, 1.82) is 0 Å². The number of rotatable bonds is 11. The number of hydrogen-bond acceptors (Lipinski definition) is 20. The molecule has 0 aliphatic carbocycles. The number of aliphatic hydroxyl groups excluding tert-OH is 11. The van der Waals surface area contributed by atoms with Crippen LogP contribution >= 0.6 is 0 Å². The molecule has 0 spiro atoms. The lowest BCUT2D eigenvalue weighted by Crippen LogP contribution is -2.71. The highest BCUT2D eigenvalue weighted by Crippen LogP contribution is 2.34. The van der Waals surface area contributed by atoms with E-state index in [-0.39, 0.29) is 0 Å². The lowest BCUT2D eigenvalue weighted by Gasteiger charge is -2.50. The van der Waals surface area contributed by atoms with Crippen LogP contribution in [0.4, 0.5) is 0 Å². The molecule has 4 aliphatic heterocycles. The van der Waals surface area contributed by atoms with Gasteiger partial charge in [0.05, 0.1) is 25.9 Å². The summed E-state index contributed by atoms with van der Waals surface area (Å²) in [5, 5.41) is 120. The Labute approximate surface area is 285 Å². The maximum absolute atomic E-state index is 12.5. The monoisotopic (exact) mass is 732 g/mol. The fourth-order valence-electron chi connectivity index (χ4n) is 6.27. The maximum Gasteiger partial charge on any atom is 0.217 e. The van der Waals surface area contributed by atoms with Gasteiger partial charge in [-0.15, -0.1) is 0 Å². The van der Waals surface area contributed by atoms with E-state index in [9.17, 15) is 65.8 Å². The first-order chi connectivity index (χ1) is 23.5. The second-order valence-corrected chi connectivity index (χ2v) is 12.6. The van der Waals surface area contributed by atoms with Gasteiger partial charge in [0.15, 0.2) is 25.2 Å². The molecule has 4 heterocycles. The van der Waals surface area contributed by atoms with Crippen molar-refractivity contribution in [3.63, 3.8) is 0 Å². The fraction of sp³-hybridized carbons (Fsp3) is 0.929. The van der Waals surface area contributed by atoms with Gasteiger partial charge in [-0.25, -0.2) is 0 Å². The third kappa shape index (κ3) is 8.70. The minimum atomic E-state index is -1.95. The van der Waals surface area contributed by atoms with Crippen LogP contribution in [0.2, 0.25) is 0 Å². The average molecular weight is 733 g/mol. The average Bonchev–Trinajstić information content (AvgIpc) is 3.06. The lowest BCUT2D eigenvalue weighted by molar-refractivity contribution is -0.384. The van der Waals surface area contributed by atoms with E-state index in [1.807, 2.05) is 0 Å². The largest absolute Gasteiger partial charge is 0.394 e. The molecule has 50 heavy (non-hydrogen) atoms. The molecule has 0 aromatic heterocycles. The molecule has 4 fully saturated rings. The number of nitrogens with one attached hydrogen (secondary N) is 2. The summed E-state index contributed by atoms with van der Waals surface area (Å²) in [6, 6.07) is -3.08. The molecule has 0 aromatic carbocycles. The van der Waals surface area contributed by atoms with E-state index in [1.54, 1.807) is 0 Å². The lowest BCUT2D eigenvalue weighted by atomic mass is 9.93. The predicted molar refractivity (Wildman–Crippen MR) is 156 cm³/mol. The van der Waals surface area contributed by atoms with Crippen molar-refractivity contribution in [1.82, 2.24) is 10.6 Å². The molecule has 0 saturated carbocycles. The first kappa shape index (κ1) is 41.0. The van der Waals surface area contributed by atoms with Gasteiger partial charge in [0, 0.05) is 13.8 Å². The fourth-order valence-corrected chi connectivity index (χ4v) is 6.27. The molecule has 0 radical (unpaired) electrons. The van der Waals surface area contributed by atoms with Crippen molar-refractivity contribution in [2.24, 2.45) is 0 Å². The van der Waals surface area contributed by atoms with Gasteiger partial charge in [-0.3, -0.25) is 9.59 Å². The van der Waals surface area contributed by atoms with Crippen molar-refractivity contribution >= 4 is 11.8 Å². The molecule has 290 valence electrons. The van der Waals surface area contributed by atoms with Gasteiger partial charge in [0.25, 0.3) is 0 Å². The van der Waals surface area contributed by atoms with Crippen molar-refractivity contribution in [3.8, 4) is 0 Å². The highest BCUT2D eigenvalue weighted by atomic mass is 16.8. The van der Waals surface area contributed by atoms with Crippen LogP contribution in [0, 0.1) is 0 Å². The molecule has 13 N–H and O–H groups in total. The Morgan fingerprint density at radius 2 is 0.980 bits per heavy atom. The Morgan fingerprint density at radius 3 is 1.54 bits per heavy atom. The van der Waals surface area contributed by atoms with Gasteiger partial charge in [-0.2, -0.15) is 0 Å². The van der Waals surface area contributed by atoms with Crippen LogP contribution in [0.5, 0.6) is 0 Å². The minimum absolute atomic E-state index is 0.683. The van der Waals surface area contributed by atoms with Gasteiger partial charge in [0.2, 0.25) is 11.8 Å². The number of hydrogen-bond donors (Lipinski definition) is 13. The molecule has 4 rings (SSSR count). The molecule has 0 bridgehead atoms. The summed E-state index contributed by atoms with van der Waals surface area (Å²) >= 11 is 0. The Morgan fingerprint density at radius 1 is 0.520 bits per heavy atom. The van der Waals surface area contributed by atoms with E-state index in [2.05, 4.69) is 10.6 Å². The number of carbonyl (C=O) groups excluding carboxylic acids is 2. The van der Waals surface area contributed by atoms with Gasteiger partial charge in [-0.05, 0) is 6.92 Å². The zero-order valence-corrected chi connectivity index (χ0v) is 27.3. The second-order valence-electron chi connectivity index (χ2n) is 12.6. The Bertz CT molecular complexity index is 1130. The quantitative estimate of drug-likeness (QED) is 0.0938. The molecule has 20 atom stereocenters. The Kier molecular flexibility index (Phi) is 14.2. The van der Waals surface area contributed by atoms with E-state index in [1.165, 1.54) is 6.92 Å². The third-order valence-corrected chi connectivity index (χ3v) is 8.97. The highest BCUT2D eigenvalue weighted by molar-refractivity contribution is 5.73. The number of amides is 2. The predicted octanol–water partition coefficient (Wildman–Crippen LogP) is -8.43. The van der Waals surface area contributed by atoms with Gasteiger partial charge >= 0.3 is 0 Å². The summed E-state index contributed by atoms with van der Waals surface area (Å²) in [5.41, 5.74) is 0. The van der Waals surface area contributed by atoms with Crippen molar-refractivity contribution in [2.45, 2.75) is 143 Å². The first-order valence-electron chi connectivity index (χ1n) is 15.9. The van der Waals surface area contributed by atoms with E-state index in [4.69, 9.17) is 33.2 Å². The summed E-state index contributed by atoms with van der Waals surface area (Å²) in [4.78, 5) is 24.4. The Hall–Kier alpha value is -1.78. The molecular weight excluding hydrogens is 684 g/mol. The summed E-state index contributed by atoms with van der Waals surface area (Å²) < 4.78 is 39.8. The number of ether oxygens (including phenoxy) is 7. The molecule has 4 aliphatic rings. The van der Waals surface area contributed by atoms with E-state index >= 15 is 0 Å². The standard InChI is InChI=1S/C28H48N2O20/c1-7-15(36)19(40)21(42)27(44-7)50-24-20(41)16(37)10(4-31)47-28(24)49-23-14(30-9(3)35)26(46-12(6-33)18(23)39)48-22-13(29-8(2)34)25(43)45-11(5-32)17(22)38/h7,10-28,31-33,36-43H,4-6H2,1-3H3,(H,29,34)(H,30,35)/t7-,10+,11+,12+,13+,14+,15+,16-,17-,18-,19+,20-,21-,22+,23+,24+,25+,26+,27-,28-/m0/s1. The molecule has 4 saturated heterocycles. The summed E-state index contributed by atoms with van der Waals surface area (Å²) in [6.07, 6.45) is -30.6. The molecule has 22 heteroatoms. The second kappa shape index (κ2) is 17.4. The van der Waals surface area contributed by atoms with Crippen LogP contribution in [-0.2, 0) is 42.7 Å². The van der Waals surface area contributed by atoms with E-state index < -0.39 is 154 Å². The Balaban J connectivity index is 1.69. The van der Waals surface area contributed by atoms with Crippen LogP contribution < -0.4 is 10.6 Å². The smallest absolute Gasteiger partial charge is 0.217 e. The molecule has 0 aromatic rings. The van der Waals surface area contributed by atoms with Crippen LogP contribution in [0.1, 0.15) is 20.8 Å². The molecule has 2 amide bonds.